The van der Waals surface area contributed by atoms with E-state index in [-0.39, 0.29) is 0 Å². The molecule has 0 saturated heterocycles. The lowest BCUT2D eigenvalue weighted by Gasteiger charge is -2.13. The van der Waals surface area contributed by atoms with E-state index in [0.717, 1.165) is 11.3 Å². The zero-order valence-corrected chi connectivity index (χ0v) is 15.0. The summed E-state index contributed by atoms with van der Waals surface area (Å²) in [5, 5.41) is 7.85. The maximum Gasteiger partial charge on any atom is 0.171 e. The number of anilines is 1. The highest BCUT2D eigenvalue weighted by molar-refractivity contribution is 7.80. The lowest BCUT2D eigenvalue weighted by molar-refractivity contribution is 0.355. The second-order valence-electron chi connectivity index (χ2n) is 4.61. The number of methoxy groups -OCH3 is 2. The third-order valence-corrected chi connectivity index (χ3v) is 3.93. The van der Waals surface area contributed by atoms with Gasteiger partial charge in [-0.05, 0) is 42.0 Å². The van der Waals surface area contributed by atoms with Crippen LogP contribution in [0, 0.1) is 0 Å². The lowest BCUT2D eigenvalue weighted by Crippen LogP contribution is -2.28. The van der Waals surface area contributed by atoms with E-state index in [1.807, 2.05) is 18.2 Å². The van der Waals surface area contributed by atoms with Gasteiger partial charge in [0.25, 0.3) is 0 Å². The highest BCUT2D eigenvalue weighted by atomic mass is 35.5. The third kappa shape index (κ3) is 4.89. The van der Waals surface area contributed by atoms with Crippen molar-refractivity contribution in [1.29, 1.82) is 0 Å². The first-order valence-corrected chi connectivity index (χ1v) is 7.90. The van der Waals surface area contributed by atoms with Crippen molar-refractivity contribution in [1.82, 2.24) is 5.32 Å². The summed E-state index contributed by atoms with van der Waals surface area (Å²) in [4.78, 5) is 0. The van der Waals surface area contributed by atoms with Gasteiger partial charge in [0.15, 0.2) is 16.6 Å². The molecule has 7 heteroatoms. The Morgan fingerprint density at radius 1 is 1.04 bits per heavy atom. The molecule has 122 valence electrons. The Labute approximate surface area is 150 Å². The van der Waals surface area contributed by atoms with Crippen molar-refractivity contribution in [3.8, 4) is 11.5 Å². The molecule has 0 fully saturated rings. The predicted octanol–water partition coefficient (Wildman–Crippen LogP) is 4.50. The molecular weight excluding hydrogens is 355 g/mol. The number of hydrogen-bond donors (Lipinski definition) is 2. The normalized spacial score (nSPS) is 10.1. The van der Waals surface area contributed by atoms with Crippen molar-refractivity contribution in [2.45, 2.75) is 6.54 Å². The van der Waals surface area contributed by atoms with Crippen LogP contribution in [-0.4, -0.2) is 19.3 Å². The Morgan fingerprint density at radius 2 is 1.78 bits per heavy atom. The first kappa shape index (κ1) is 17.7. The fraction of sp³-hybridized carbons (Fsp3) is 0.188. The van der Waals surface area contributed by atoms with E-state index in [4.69, 9.17) is 44.9 Å². The van der Waals surface area contributed by atoms with Crippen molar-refractivity contribution < 1.29 is 9.47 Å². The largest absolute Gasteiger partial charge is 0.493 e. The number of rotatable bonds is 5. The summed E-state index contributed by atoms with van der Waals surface area (Å²) in [6.45, 7) is 0.495. The first-order chi connectivity index (χ1) is 11.0. The van der Waals surface area contributed by atoms with E-state index in [0.29, 0.717) is 33.2 Å². The molecular formula is C16H16Cl2N2O2S. The summed E-state index contributed by atoms with van der Waals surface area (Å²) >= 11 is 17.3. The topological polar surface area (TPSA) is 42.5 Å². The van der Waals surface area contributed by atoms with Gasteiger partial charge in [0.05, 0.1) is 14.2 Å². The van der Waals surface area contributed by atoms with Crippen LogP contribution in [0.3, 0.4) is 0 Å². The van der Waals surface area contributed by atoms with E-state index < -0.39 is 0 Å². The van der Waals surface area contributed by atoms with Gasteiger partial charge in [-0.2, -0.15) is 0 Å². The summed E-state index contributed by atoms with van der Waals surface area (Å²) in [7, 11) is 3.17. The van der Waals surface area contributed by atoms with E-state index in [2.05, 4.69) is 10.6 Å². The Morgan fingerprint density at radius 3 is 2.43 bits per heavy atom. The maximum absolute atomic E-state index is 6.13. The number of nitrogens with one attached hydrogen (secondary N) is 2. The number of ether oxygens (including phenoxy) is 2. The highest BCUT2D eigenvalue weighted by Crippen LogP contribution is 2.29. The molecule has 0 bridgehead atoms. The molecule has 0 aromatic heterocycles. The van der Waals surface area contributed by atoms with Gasteiger partial charge in [0.2, 0.25) is 0 Å². The molecule has 0 amide bonds. The van der Waals surface area contributed by atoms with Gasteiger partial charge in [-0.15, -0.1) is 0 Å². The molecule has 0 atom stereocenters. The first-order valence-electron chi connectivity index (χ1n) is 6.74. The van der Waals surface area contributed by atoms with Gasteiger partial charge < -0.3 is 20.1 Å². The van der Waals surface area contributed by atoms with E-state index >= 15 is 0 Å². The second kappa shape index (κ2) is 8.24. The predicted molar refractivity (Wildman–Crippen MR) is 99.1 cm³/mol. The second-order valence-corrected chi connectivity index (χ2v) is 5.87. The molecule has 0 aliphatic carbocycles. The van der Waals surface area contributed by atoms with Crippen LogP contribution in [0.25, 0.3) is 0 Å². The third-order valence-electron chi connectivity index (χ3n) is 3.10. The van der Waals surface area contributed by atoms with E-state index in [1.54, 1.807) is 32.4 Å². The molecule has 0 aliphatic rings. The quantitative estimate of drug-likeness (QED) is 0.758. The van der Waals surface area contributed by atoms with Crippen molar-refractivity contribution in [2.24, 2.45) is 0 Å². The van der Waals surface area contributed by atoms with Gasteiger partial charge >= 0.3 is 0 Å². The van der Waals surface area contributed by atoms with Crippen LogP contribution in [0.2, 0.25) is 10.0 Å². The molecule has 23 heavy (non-hydrogen) atoms. The fourth-order valence-corrected chi connectivity index (χ4v) is 2.60. The highest BCUT2D eigenvalue weighted by Gasteiger charge is 2.06. The SMILES string of the molecule is COc1ccc(NC(=S)NCc2ccc(Cl)cc2Cl)cc1OC. The van der Waals surface area contributed by atoms with Gasteiger partial charge in [0, 0.05) is 28.3 Å². The summed E-state index contributed by atoms with van der Waals surface area (Å²) in [6, 6.07) is 10.8. The molecule has 0 spiro atoms. The summed E-state index contributed by atoms with van der Waals surface area (Å²) in [5.41, 5.74) is 1.70. The lowest BCUT2D eigenvalue weighted by atomic mass is 10.2. The van der Waals surface area contributed by atoms with Crippen LogP contribution in [0.5, 0.6) is 11.5 Å². The van der Waals surface area contributed by atoms with Crippen LogP contribution in [0.15, 0.2) is 36.4 Å². The van der Waals surface area contributed by atoms with Gasteiger partial charge in [-0.25, -0.2) is 0 Å². The zero-order valence-electron chi connectivity index (χ0n) is 12.7. The van der Waals surface area contributed by atoms with Crippen LogP contribution < -0.4 is 20.1 Å². The Balaban J connectivity index is 1.97. The van der Waals surface area contributed by atoms with Crippen molar-refractivity contribution in [2.75, 3.05) is 19.5 Å². The standard InChI is InChI=1S/C16H16Cl2N2O2S/c1-21-14-6-5-12(8-15(14)22-2)20-16(23)19-9-10-3-4-11(17)7-13(10)18/h3-8H,9H2,1-2H3,(H2,19,20,23). The molecule has 0 aliphatic heterocycles. The molecule has 2 N–H and O–H groups in total. The van der Waals surface area contributed by atoms with Gasteiger partial charge in [0.1, 0.15) is 0 Å². The van der Waals surface area contributed by atoms with Crippen LogP contribution in [0.1, 0.15) is 5.56 Å². The van der Waals surface area contributed by atoms with Gasteiger partial charge in [-0.1, -0.05) is 29.3 Å². The van der Waals surface area contributed by atoms with E-state index in [1.165, 1.54) is 0 Å². The Hall–Kier alpha value is -1.69. The van der Waals surface area contributed by atoms with Crippen LogP contribution >= 0.6 is 35.4 Å². The molecule has 4 nitrogen and oxygen atoms in total. The molecule has 0 unspecified atom stereocenters. The average molecular weight is 371 g/mol. The Bertz CT molecular complexity index is 710. The minimum absolute atomic E-state index is 0.475. The summed E-state index contributed by atoms with van der Waals surface area (Å²) < 4.78 is 10.5. The van der Waals surface area contributed by atoms with Crippen LogP contribution in [-0.2, 0) is 6.54 Å². The summed E-state index contributed by atoms with van der Waals surface area (Å²) in [6.07, 6.45) is 0. The zero-order chi connectivity index (χ0) is 16.8. The monoisotopic (exact) mass is 370 g/mol. The minimum atomic E-state index is 0.475. The smallest absolute Gasteiger partial charge is 0.171 e. The number of halogens is 2. The number of thiocarbonyl (C=S) groups is 1. The van der Waals surface area contributed by atoms with Crippen LogP contribution in [0.4, 0.5) is 5.69 Å². The molecule has 0 saturated carbocycles. The number of benzene rings is 2. The van der Waals surface area contributed by atoms with E-state index in [9.17, 15) is 0 Å². The number of hydrogen-bond acceptors (Lipinski definition) is 3. The maximum atomic E-state index is 6.13. The molecule has 2 rings (SSSR count). The van der Waals surface area contributed by atoms with Gasteiger partial charge in [-0.3, -0.25) is 0 Å². The molecule has 2 aromatic carbocycles. The summed E-state index contributed by atoms with van der Waals surface area (Å²) in [5.74, 6) is 1.28. The van der Waals surface area contributed by atoms with Crippen molar-refractivity contribution in [3.05, 3.63) is 52.0 Å². The molecule has 0 heterocycles. The minimum Gasteiger partial charge on any atom is -0.493 e. The molecule has 2 aromatic rings. The fourth-order valence-electron chi connectivity index (χ4n) is 1.93. The average Bonchev–Trinajstić information content (AvgIpc) is 2.54. The Kier molecular flexibility index (Phi) is 6.33. The van der Waals surface area contributed by atoms with Crippen molar-refractivity contribution in [3.63, 3.8) is 0 Å². The molecule has 0 radical (unpaired) electrons. The van der Waals surface area contributed by atoms with Crippen molar-refractivity contribution >= 4 is 46.2 Å².